The number of ketones is 1. The molecule has 0 fully saturated rings. The second-order valence-electron chi connectivity index (χ2n) is 12.8. The van der Waals surface area contributed by atoms with Gasteiger partial charge in [-0.3, -0.25) is 19.7 Å². The number of carbonyl (C=O) groups excluding carboxylic acids is 1. The van der Waals surface area contributed by atoms with Crippen LogP contribution in [-0.4, -0.2) is 38.5 Å². The van der Waals surface area contributed by atoms with Crippen LogP contribution in [0.15, 0.2) is 110 Å². The molecule has 3 aromatic carbocycles. The van der Waals surface area contributed by atoms with Crippen LogP contribution in [0.25, 0.3) is 0 Å². The third-order valence-electron chi connectivity index (χ3n) is 9.59. The molecule has 2 unspecified atom stereocenters. The van der Waals surface area contributed by atoms with Gasteiger partial charge in [0, 0.05) is 69.5 Å². The molecule has 0 saturated heterocycles. The molecule has 0 saturated carbocycles. The van der Waals surface area contributed by atoms with Crippen molar-refractivity contribution in [2.24, 2.45) is 0 Å². The van der Waals surface area contributed by atoms with Crippen molar-refractivity contribution in [1.82, 2.24) is 15.0 Å². The standard InChI is InChI=1S/C14H11Cl2N.C14H12ClNO.C14H10ClNO.3CH4.B.Cl2OS.Na.H/c15-11-5-1-3-9-6-7-10-4-2-8-17-14(10)13(16)12(9)11;2*15-11-5-1-3-9-6-7-10-4-2-8-16-13(10)14(17)12(9)11;;;;;1-4(2)3;;/h1-5,8,13H,6-7H2;1-5,8,14,17H,6-7H2;1-5,8H,6-7H2;3*1H4;;;;/q;;;;;;;;+1;-1. The van der Waals surface area contributed by atoms with E-state index in [9.17, 15) is 9.90 Å². The zero-order valence-corrected chi connectivity index (χ0v) is 38.0. The molecule has 6 nitrogen and oxygen atoms in total. The molecule has 3 aliphatic carbocycles. The smallest absolute Gasteiger partial charge is 1.00 e. The van der Waals surface area contributed by atoms with Crippen LogP contribution in [0.2, 0.25) is 15.1 Å². The Balaban J connectivity index is 0.000000809. The van der Waals surface area contributed by atoms with Gasteiger partial charge in [-0.2, -0.15) is 0 Å². The largest absolute Gasteiger partial charge is 1.00 e. The predicted octanol–water partition coefficient (Wildman–Crippen LogP) is 9.83. The first kappa shape index (κ1) is 55.7. The van der Waals surface area contributed by atoms with Crippen molar-refractivity contribution in [3.05, 3.63) is 192 Å². The molecule has 6 aromatic rings. The van der Waals surface area contributed by atoms with Crippen molar-refractivity contribution in [3.63, 3.8) is 0 Å². The Bertz CT molecular complexity index is 2280. The van der Waals surface area contributed by atoms with Crippen LogP contribution in [0.5, 0.6) is 0 Å². The molecule has 0 aliphatic heterocycles. The first-order chi connectivity index (χ1) is 26.5. The number of alkyl halides is 1. The molecular formula is C45H46BCl6N3NaO3S. The van der Waals surface area contributed by atoms with Crippen LogP contribution >= 0.6 is 67.8 Å². The van der Waals surface area contributed by atoms with Gasteiger partial charge in [0.15, 0.2) is 0 Å². The van der Waals surface area contributed by atoms with Crippen LogP contribution in [-0.2, 0) is 47.8 Å². The fourth-order valence-corrected chi connectivity index (χ4v) is 8.45. The van der Waals surface area contributed by atoms with E-state index in [1.54, 1.807) is 24.7 Å². The molecule has 2 atom stereocenters. The molecule has 60 heavy (non-hydrogen) atoms. The summed E-state index contributed by atoms with van der Waals surface area (Å²) in [7, 11) is 7.36. The van der Waals surface area contributed by atoms with Gasteiger partial charge >= 0.3 is 29.6 Å². The number of rotatable bonds is 0. The number of halogens is 6. The second-order valence-corrected chi connectivity index (χ2v) is 17.0. The number of benzene rings is 3. The minimum absolute atomic E-state index is 0. The fraction of sp³-hybridized carbons (Fsp3) is 0.244. The summed E-state index contributed by atoms with van der Waals surface area (Å²) in [6, 6.07) is 29.1. The third kappa shape index (κ3) is 13.4. The Morgan fingerprint density at radius 2 is 0.950 bits per heavy atom. The minimum atomic E-state index is -1.67. The summed E-state index contributed by atoms with van der Waals surface area (Å²) in [5, 5.41) is 12.1. The molecule has 3 aromatic heterocycles. The van der Waals surface area contributed by atoms with Gasteiger partial charge < -0.3 is 6.53 Å². The van der Waals surface area contributed by atoms with Crippen molar-refractivity contribution >= 4 is 91.2 Å². The molecule has 3 radical (unpaired) electrons. The Labute approximate surface area is 411 Å². The number of aliphatic hydroxyl groups excluding tert-OH is 1. The van der Waals surface area contributed by atoms with Crippen LogP contribution < -0.4 is 29.6 Å². The van der Waals surface area contributed by atoms with Crippen LogP contribution in [0.3, 0.4) is 0 Å². The average Bonchev–Trinajstić information content (AvgIpc) is 3.50. The van der Waals surface area contributed by atoms with Crippen molar-refractivity contribution < 1.29 is 45.1 Å². The molecule has 0 spiro atoms. The van der Waals surface area contributed by atoms with Gasteiger partial charge in [0.05, 0.1) is 16.4 Å². The monoisotopic (exact) mass is 952 g/mol. The molecule has 311 valence electrons. The van der Waals surface area contributed by atoms with E-state index in [2.05, 4.69) is 48.4 Å². The number of aromatic nitrogens is 3. The second kappa shape index (κ2) is 26.4. The van der Waals surface area contributed by atoms with E-state index in [0.717, 1.165) is 88.3 Å². The number of aliphatic hydroxyl groups is 1. The summed E-state index contributed by atoms with van der Waals surface area (Å²) in [4.78, 5) is 25.3. The van der Waals surface area contributed by atoms with Gasteiger partial charge in [-0.25, -0.2) is 4.21 Å². The molecule has 1 N–H and O–H groups in total. The van der Waals surface area contributed by atoms with Crippen molar-refractivity contribution in [2.75, 3.05) is 0 Å². The summed E-state index contributed by atoms with van der Waals surface area (Å²) in [6.45, 7) is 0. The SMILES string of the molecule is C.C.C.Clc1cccc2c1C(Cl)c1ncccc1CC2.O=C1c2ncccc2CCc2cccc(Cl)c21.O=S(Cl)Cl.OC1c2ncccc2CCc2cccc(Cl)c21.[B].[H-].[Na+]. The zero-order chi connectivity index (χ0) is 39.1. The normalized spacial score (nSPS) is 14.8. The van der Waals surface area contributed by atoms with E-state index in [4.69, 9.17) is 50.6 Å². The van der Waals surface area contributed by atoms with E-state index in [1.807, 2.05) is 72.8 Å². The Morgan fingerprint density at radius 1 is 0.567 bits per heavy atom. The van der Waals surface area contributed by atoms with E-state index >= 15 is 0 Å². The Kier molecular flexibility index (Phi) is 24.5. The van der Waals surface area contributed by atoms with E-state index in [0.29, 0.717) is 21.3 Å². The quantitative estimate of drug-likeness (QED) is 0.0927. The first-order valence-corrected chi connectivity index (χ1v) is 21.7. The maximum atomic E-state index is 12.4. The van der Waals surface area contributed by atoms with Crippen molar-refractivity contribution in [1.29, 1.82) is 0 Å². The number of fused-ring (bicyclic) bond motifs is 6. The first-order valence-electron chi connectivity index (χ1n) is 17.3. The predicted molar refractivity (Wildman–Crippen MR) is 251 cm³/mol. The summed E-state index contributed by atoms with van der Waals surface area (Å²) < 4.78 is 9.09. The zero-order valence-electron chi connectivity index (χ0n) is 31.6. The number of pyridine rings is 3. The maximum Gasteiger partial charge on any atom is 1.00 e. The Hall–Kier alpha value is -2.31. The van der Waals surface area contributed by atoms with Crippen LogP contribution in [0, 0.1) is 0 Å². The summed E-state index contributed by atoms with van der Waals surface area (Å²) in [6.07, 6.45) is 9.84. The van der Waals surface area contributed by atoms with E-state index in [-0.39, 0.29) is 72.8 Å². The minimum Gasteiger partial charge on any atom is -1.00 e. The molecule has 0 amide bonds. The summed E-state index contributed by atoms with van der Waals surface area (Å²) in [5.41, 5.74) is 11.4. The third-order valence-corrected chi connectivity index (χ3v) is 11.0. The number of aryl methyl sites for hydroxylation is 6. The Morgan fingerprint density at radius 3 is 1.53 bits per heavy atom. The van der Waals surface area contributed by atoms with Gasteiger partial charge in [-0.15, -0.1) is 11.6 Å². The van der Waals surface area contributed by atoms with Gasteiger partial charge in [0.2, 0.25) is 15.0 Å². The molecule has 3 aliphatic rings. The van der Waals surface area contributed by atoms with E-state index in [1.165, 1.54) is 11.1 Å². The average molecular weight is 955 g/mol. The molecule has 15 heteroatoms. The van der Waals surface area contributed by atoms with Crippen molar-refractivity contribution in [2.45, 2.75) is 72.3 Å². The van der Waals surface area contributed by atoms with Gasteiger partial charge in [-0.05, 0) is 114 Å². The van der Waals surface area contributed by atoms with Crippen molar-refractivity contribution in [3.8, 4) is 0 Å². The summed E-state index contributed by atoms with van der Waals surface area (Å²) in [5.74, 6) is -0.0568. The number of nitrogens with zero attached hydrogens (tertiary/aromatic N) is 3. The maximum absolute atomic E-state index is 12.4. The fourth-order valence-electron chi connectivity index (χ4n) is 7.06. The number of carbonyl (C=O) groups is 1. The number of hydrogen-bond acceptors (Lipinski definition) is 6. The van der Waals surface area contributed by atoms with Crippen LogP contribution in [0.4, 0.5) is 0 Å². The van der Waals surface area contributed by atoms with Gasteiger partial charge in [0.1, 0.15) is 17.2 Å². The topological polar surface area (TPSA) is 93.0 Å². The molecule has 0 bridgehead atoms. The summed E-state index contributed by atoms with van der Waals surface area (Å²) >= 11 is 25.1. The molecular weight excluding hydrogens is 909 g/mol. The van der Waals surface area contributed by atoms with Crippen LogP contribution in [0.1, 0.15) is 107 Å². The van der Waals surface area contributed by atoms with Gasteiger partial charge in [-0.1, -0.05) is 112 Å². The van der Waals surface area contributed by atoms with Gasteiger partial charge in [0.25, 0.3) is 0 Å². The number of hydrogen-bond donors (Lipinski definition) is 1. The molecule has 9 rings (SSSR count). The molecule has 3 heterocycles. The van der Waals surface area contributed by atoms with E-state index < -0.39 is 15.3 Å².